The first-order chi connectivity index (χ1) is 8.58. The summed E-state index contributed by atoms with van der Waals surface area (Å²) in [6.45, 7) is 1.84. The van der Waals surface area contributed by atoms with E-state index in [2.05, 4.69) is 15.5 Å². The molecule has 1 saturated carbocycles. The number of rotatable bonds is 3. The van der Waals surface area contributed by atoms with Gasteiger partial charge in [-0.15, -0.1) is 0 Å². The Morgan fingerprint density at radius 2 is 2.06 bits per heavy atom. The summed E-state index contributed by atoms with van der Waals surface area (Å²) in [7, 11) is 0. The number of nitrogens with one attached hydrogen (secondary N) is 2. The molecule has 1 aliphatic carbocycles. The first-order valence-electron chi connectivity index (χ1n) is 6.13. The second-order valence-corrected chi connectivity index (χ2v) is 4.76. The number of aromatic nitrogens is 2. The van der Waals surface area contributed by atoms with E-state index in [0.717, 1.165) is 18.5 Å². The lowest BCUT2D eigenvalue weighted by Gasteiger charge is -2.27. The molecule has 1 aromatic heterocycles. The molecule has 1 amide bonds. The Morgan fingerprint density at radius 3 is 2.61 bits per heavy atom. The van der Waals surface area contributed by atoms with Crippen molar-refractivity contribution in [3.63, 3.8) is 0 Å². The lowest BCUT2D eigenvalue weighted by Crippen LogP contribution is -2.36. The number of nitrogens with zero attached hydrogens (tertiary/aromatic N) is 1. The van der Waals surface area contributed by atoms with Gasteiger partial charge in [-0.2, -0.15) is 5.10 Å². The van der Waals surface area contributed by atoms with Crippen molar-refractivity contribution < 1.29 is 14.7 Å². The maximum atomic E-state index is 12.1. The fourth-order valence-corrected chi connectivity index (χ4v) is 2.44. The molecule has 2 unspecified atom stereocenters. The van der Waals surface area contributed by atoms with E-state index < -0.39 is 17.8 Å². The van der Waals surface area contributed by atoms with E-state index >= 15 is 0 Å². The van der Waals surface area contributed by atoms with Gasteiger partial charge in [0.25, 0.3) is 0 Å². The number of carboxylic acids is 1. The van der Waals surface area contributed by atoms with Crippen LogP contribution in [0.3, 0.4) is 0 Å². The number of hydrogen-bond donors (Lipinski definition) is 3. The minimum absolute atomic E-state index is 0.242. The van der Waals surface area contributed by atoms with E-state index in [1.165, 1.54) is 0 Å². The minimum atomic E-state index is -0.881. The molecular formula is C12H17N3O3. The van der Waals surface area contributed by atoms with E-state index in [9.17, 15) is 9.59 Å². The van der Waals surface area contributed by atoms with Crippen molar-refractivity contribution in [2.45, 2.75) is 32.6 Å². The number of carboxylic acid groups (broad SMARTS) is 1. The van der Waals surface area contributed by atoms with Gasteiger partial charge in [0.05, 0.1) is 11.8 Å². The highest BCUT2D eigenvalue weighted by atomic mass is 16.4. The normalized spacial score (nSPS) is 23.6. The Morgan fingerprint density at radius 1 is 1.39 bits per heavy atom. The summed E-state index contributed by atoms with van der Waals surface area (Å²) in [4.78, 5) is 23.2. The van der Waals surface area contributed by atoms with Crippen molar-refractivity contribution in [1.29, 1.82) is 0 Å². The summed E-state index contributed by atoms with van der Waals surface area (Å²) < 4.78 is 0. The molecule has 0 bridgehead atoms. The van der Waals surface area contributed by atoms with Crippen LogP contribution in [0.25, 0.3) is 0 Å². The molecule has 2 atom stereocenters. The molecule has 1 aliphatic rings. The van der Waals surface area contributed by atoms with Gasteiger partial charge in [0, 0.05) is 11.8 Å². The minimum Gasteiger partial charge on any atom is -0.481 e. The summed E-state index contributed by atoms with van der Waals surface area (Å²) in [5.41, 5.74) is 0.851. The SMILES string of the molecule is Cc1cc(NC(=O)C2CCCCC2C(=O)O)n[nH]1. The van der Waals surface area contributed by atoms with Crippen LogP contribution in [-0.2, 0) is 9.59 Å². The van der Waals surface area contributed by atoms with Gasteiger partial charge in [-0.05, 0) is 19.8 Å². The van der Waals surface area contributed by atoms with Gasteiger partial charge in [0.2, 0.25) is 5.91 Å². The number of anilines is 1. The molecular weight excluding hydrogens is 234 g/mol. The smallest absolute Gasteiger partial charge is 0.307 e. The molecule has 18 heavy (non-hydrogen) atoms. The van der Waals surface area contributed by atoms with Crippen LogP contribution >= 0.6 is 0 Å². The molecule has 0 saturated heterocycles. The number of aliphatic carboxylic acids is 1. The molecule has 0 aliphatic heterocycles. The van der Waals surface area contributed by atoms with Crippen LogP contribution in [0, 0.1) is 18.8 Å². The van der Waals surface area contributed by atoms with Crippen LogP contribution < -0.4 is 5.32 Å². The standard InChI is InChI=1S/C12H17N3O3/c1-7-6-10(15-14-7)13-11(16)8-4-2-3-5-9(8)12(17)18/h6,8-9H,2-5H2,1H3,(H,17,18)(H2,13,14,15,16). The highest BCUT2D eigenvalue weighted by Crippen LogP contribution is 2.31. The predicted octanol–water partition coefficient (Wildman–Crippen LogP) is 1.55. The second-order valence-electron chi connectivity index (χ2n) is 4.76. The zero-order valence-electron chi connectivity index (χ0n) is 10.3. The molecule has 98 valence electrons. The third-order valence-corrected chi connectivity index (χ3v) is 3.38. The van der Waals surface area contributed by atoms with E-state index in [-0.39, 0.29) is 5.91 Å². The molecule has 1 heterocycles. The van der Waals surface area contributed by atoms with Gasteiger partial charge < -0.3 is 10.4 Å². The lowest BCUT2D eigenvalue weighted by molar-refractivity contribution is -0.147. The average molecular weight is 251 g/mol. The van der Waals surface area contributed by atoms with Crippen LogP contribution in [0.4, 0.5) is 5.82 Å². The van der Waals surface area contributed by atoms with Crippen molar-refractivity contribution in [1.82, 2.24) is 10.2 Å². The monoisotopic (exact) mass is 251 g/mol. The van der Waals surface area contributed by atoms with E-state index in [1.54, 1.807) is 6.07 Å². The van der Waals surface area contributed by atoms with Gasteiger partial charge in [0.15, 0.2) is 5.82 Å². The lowest BCUT2D eigenvalue weighted by atomic mass is 9.79. The Kier molecular flexibility index (Phi) is 3.64. The number of amides is 1. The maximum Gasteiger partial charge on any atom is 0.307 e. The Balaban J connectivity index is 2.04. The topological polar surface area (TPSA) is 95.1 Å². The number of aryl methyl sites for hydroxylation is 1. The summed E-state index contributed by atoms with van der Waals surface area (Å²) >= 11 is 0. The zero-order valence-corrected chi connectivity index (χ0v) is 10.3. The molecule has 0 spiro atoms. The maximum absolute atomic E-state index is 12.1. The van der Waals surface area contributed by atoms with Crippen LogP contribution in [0.2, 0.25) is 0 Å². The van der Waals surface area contributed by atoms with Crippen molar-refractivity contribution in [3.05, 3.63) is 11.8 Å². The Bertz CT molecular complexity index is 455. The van der Waals surface area contributed by atoms with Gasteiger partial charge in [-0.3, -0.25) is 14.7 Å². The van der Waals surface area contributed by atoms with Gasteiger partial charge in [-0.1, -0.05) is 12.8 Å². The summed E-state index contributed by atoms with van der Waals surface area (Å²) in [6.07, 6.45) is 2.99. The number of carbonyl (C=O) groups is 2. The number of carbonyl (C=O) groups excluding carboxylic acids is 1. The van der Waals surface area contributed by atoms with Crippen molar-refractivity contribution in [2.24, 2.45) is 11.8 Å². The molecule has 2 rings (SSSR count). The van der Waals surface area contributed by atoms with Crippen LogP contribution in [0.15, 0.2) is 6.07 Å². The largest absolute Gasteiger partial charge is 0.481 e. The molecule has 1 fully saturated rings. The first-order valence-corrected chi connectivity index (χ1v) is 6.13. The molecule has 6 nitrogen and oxygen atoms in total. The van der Waals surface area contributed by atoms with Gasteiger partial charge in [-0.25, -0.2) is 0 Å². The quantitative estimate of drug-likeness (QED) is 0.759. The third kappa shape index (κ3) is 2.69. The Labute approximate surface area is 105 Å². The molecule has 0 radical (unpaired) electrons. The van der Waals surface area contributed by atoms with Crippen LogP contribution in [0.5, 0.6) is 0 Å². The van der Waals surface area contributed by atoms with Crippen molar-refractivity contribution in [2.75, 3.05) is 5.32 Å². The van der Waals surface area contributed by atoms with Gasteiger partial charge in [0.1, 0.15) is 0 Å². The van der Waals surface area contributed by atoms with Gasteiger partial charge >= 0.3 is 5.97 Å². The zero-order chi connectivity index (χ0) is 13.1. The van der Waals surface area contributed by atoms with E-state index in [0.29, 0.717) is 18.7 Å². The summed E-state index contributed by atoms with van der Waals surface area (Å²) in [6, 6.07) is 1.72. The molecule has 3 N–H and O–H groups in total. The van der Waals surface area contributed by atoms with E-state index in [4.69, 9.17) is 5.11 Å². The third-order valence-electron chi connectivity index (χ3n) is 3.38. The van der Waals surface area contributed by atoms with Crippen LogP contribution in [0.1, 0.15) is 31.4 Å². The second kappa shape index (κ2) is 5.20. The highest BCUT2D eigenvalue weighted by Gasteiger charge is 2.35. The molecule has 6 heteroatoms. The number of hydrogen-bond acceptors (Lipinski definition) is 3. The average Bonchev–Trinajstić information content (AvgIpc) is 2.74. The Hall–Kier alpha value is -1.85. The van der Waals surface area contributed by atoms with Crippen molar-refractivity contribution >= 4 is 17.7 Å². The molecule has 0 aromatic carbocycles. The fraction of sp³-hybridized carbons (Fsp3) is 0.583. The molecule has 1 aromatic rings. The summed E-state index contributed by atoms with van der Waals surface area (Å²) in [5, 5.41) is 18.4. The predicted molar refractivity (Wildman–Crippen MR) is 65.0 cm³/mol. The highest BCUT2D eigenvalue weighted by molar-refractivity contribution is 5.94. The van der Waals surface area contributed by atoms with Crippen LogP contribution in [-0.4, -0.2) is 27.2 Å². The first kappa shape index (κ1) is 12.6. The number of H-pyrrole nitrogens is 1. The fourth-order valence-electron chi connectivity index (χ4n) is 2.44. The van der Waals surface area contributed by atoms with Crippen molar-refractivity contribution in [3.8, 4) is 0 Å². The number of aromatic amines is 1. The summed E-state index contributed by atoms with van der Waals surface area (Å²) in [5.74, 6) is -1.69. The van der Waals surface area contributed by atoms with E-state index in [1.807, 2.05) is 6.92 Å².